The van der Waals surface area contributed by atoms with Gasteiger partial charge in [0.15, 0.2) is 0 Å². The van der Waals surface area contributed by atoms with E-state index in [2.05, 4.69) is 171 Å². The second-order valence-electron chi connectivity index (χ2n) is 27.3. The number of rotatable bonds is 19. The topological polar surface area (TPSA) is 130 Å². The van der Waals surface area contributed by atoms with Crippen LogP contribution in [-0.2, 0) is 0 Å². The molecule has 4 rings (SSSR count). The largest absolute Gasteiger partial charge is 0.358 e. The molecule has 0 aromatic rings. The summed E-state index contributed by atoms with van der Waals surface area (Å²) in [7, 11) is 1.81. The molecule has 4 aliphatic rings. The van der Waals surface area contributed by atoms with Gasteiger partial charge in [0.2, 0.25) is 11.9 Å². The lowest BCUT2D eigenvalue weighted by Crippen LogP contribution is -2.63. The molecular formula is C55H110N12. The first kappa shape index (κ1) is 57.7. The van der Waals surface area contributed by atoms with Crippen LogP contribution in [0.1, 0.15) is 227 Å². The van der Waals surface area contributed by atoms with Crippen molar-refractivity contribution in [3.05, 3.63) is 0 Å². The molecular weight excluding hydrogens is 829 g/mol. The maximum Gasteiger partial charge on any atom is 0.230 e. The molecule has 0 radical (unpaired) electrons. The third-order valence-electron chi connectivity index (χ3n) is 15.2. The van der Waals surface area contributed by atoms with E-state index in [1.54, 1.807) is 7.05 Å². The molecule has 4 fully saturated rings. The Morgan fingerprint density at radius 2 is 0.851 bits per heavy atom. The van der Waals surface area contributed by atoms with Crippen molar-refractivity contribution in [1.82, 2.24) is 46.6 Å². The maximum atomic E-state index is 8.89. The summed E-state index contributed by atoms with van der Waals surface area (Å²) in [6, 6.07) is 1.78. The highest BCUT2D eigenvalue weighted by Crippen LogP contribution is 2.36. The zero-order chi connectivity index (χ0) is 50.3. The number of unbranched alkanes of at least 4 members (excludes halogenated alkanes) is 6. The van der Waals surface area contributed by atoms with Crippen molar-refractivity contribution in [2.75, 3.05) is 39.8 Å². The summed E-state index contributed by atoms with van der Waals surface area (Å²) < 4.78 is 0. The first-order valence-corrected chi connectivity index (χ1v) is 27.3. The molecule has 67 heavy (non-hydrogen) atoms. The highest BCUT2D eigenvalue weighted by atomic mass is 15.4. The van der Waals surface area contributed by atoms with Crippen LogP contribution in [0.5, 0.6) is 0 Å². The van der Waals surface area contributed by atoms with Crippen molar-refractivity contribution in [2.45, 2.75) is 296 Å². The Morgan fingerprint density at radius 3 is 1.27 bits per heavy atom. The van der Waals surface area contributed by atoms with Gasteiger partial charge < -0.3 is 46.6 Å². The van der Waals surface area contributed by atoms with Gasteiger partial charge in [-0.05, 0) is 214 Å². The lowest BCUT2D eigenvalue weighted by atomic mass is 9.79. The van der Waals surface area contributed by atoms with Gasteiger partial charge in [0.1, 0.15) is 5.84 Å². The molecule has 0 bridgehead atoms. The van der Waals surface area contributed by atoms with E-state index in [0.29, 0.717) is 24.1 Å². The second-order valence-corrected chi connectivity index (χ2v) is 27.3. The van der Waals surface area contributed by atoms with Crippen molar-refractivity contribution < 1.29 is 0 Å². The molecule has 0 aromatic carbocycles. The second kappa shape index (κ2) is 23.2. The summed E-state index contributed by atoms with van der Waals surface area (Å²) in [5, 5.41) is 31.5. The van der Waals surface area contributed by atoms with Crippen LogP contribution in [0.25, 0.3) is 0 Å². The van der Waals surface area contributed by atoms with Crippen molar-refractivity contribution >= 4 is 17.8 Å². The summed E-state index contributed by atoms with van der Waals surface area (Å²) in [4.78, 5) is 18.6. The molecule has 12 heteroatoms. The van der Waals surface area contributed by atoms with Gasteiger partial charge in [0.25, 0.3) is 0 Å². The minimum Gasteiger partial charge on any atom is -0.358 e. The minimum absolute atomic E-state index is 0.00676. The molecule has 0 aliphatic carbocycles. The van der Waals surface area contributed by atoms with Gasteiger partial charge in [0.05, 0.1) is 0 Å². The van der Waals surface area contributed by atoms with Crippen molar-refractivity contribution in [1.29, 1.82) is 5.41 Å². The van der Waals surface area contributed by atoms with Gasteiger partial charge in [-0.3, -0.25) is 5.41 Å². The van der Waals surface area contributed by atoms with Crippen LogP contribution in [0.3, 0.4) is 0 Å². The Labute approximate surface area is 413 Å². The van der Waals surface area contributed by atoms with Crippen molar-refractivity contribution in [3.8, 4) is 0 Å². The molecule has 4 heterocycles. The number of guanidine groups is 2. The van der Waals surface area contributed by atoms with E-state index in [0.717, 1.165) is 77.1 Å². The monoisotopic (exact) mass is 939 g/mol. The number of piperidine rings is 4. The number of aliphatic imine (C=N–C) groups is 2. The lowest BCUT2D eigenvalue weighted by molar-refractivity contribution is 0.0679. The van der Waals surface area contributed by atoms with Gasteiger partial charge in [-0.25, -0.2) is 4.99 Å². The normalized spacial score (nSPS) is 25.3. The molecule has 4 saturated heterocycles. The van der Waals surface area contributed by atoms with E-state index in [-0.39, 0.29) is 56.3 Å². The summed E-state index contributed by atoms with van der Waals surface area (Å²) in [6.07, 6.45) is 18.3. The number of hydrogen-bond donors (Lipinski definition) is 7. The van der Waals surface area contributed by atoms with Gasteiger partial charge in [0, 0.05) is 88.6 Å². The fourth-order valence-corrected chi connectivity index (χ4v) is 14.2. The number of hydrogen-bond acceptors (Lipinski definition) is 7. The van der Waals surface area contributed by atoms with E-state index < -0.39 is 0 Å². The fraction of sp³-hybridized carbons (Fsp3) is 0.945. The van der Waals surface area contributed by atoms with Crippen molar-refractivity contribution in [3.63, 3.8) is 0 Å². The number of nitrogens with one attached hydrogen (secondary N) is 7. The maximum absolute atomic E-state index is 8.89. The molecule has 0 atom stereocenters. The lowest BCUT2D eigenvalue weighted by Gasteiger charge is -2.50. The van der Waals surface area contributed by atoms with Gasteiger partial charge in [-0.1, -0.05) is 32.6 Å². The quantitative estimate of drug-likeness (QED) is 0.0385. The van der Waals surface area contributed by atoms with Gasteiger partial charge in [-0.2, -0.15) is 4.99 Å². The van der Waals surface area contributed by atoms with E-state index >= 15 is 0 Å². The molecule has 12 nitrogen and oxygen atoms in total. The zero-order valence-corrected chi connectivity index (χ0v) is 47.4. The van der Waals surface area contributed by atoms with Crippen molar-refractivity contribution in [2.24, 2.45) is 9.98 Å². The average molecular weight is 940 g/mol. The Balaban J connectivity index is 1.53. The predicted octanol–water partition coefficient (Wildman–Crippen LogP) is 9.79. The Bertz CT molecular complexity index is 1560. The molecule has 7 N–H and O–H groups in total. The van der Waals surface area contributed by atoms with Crippen LogP contribution in [0.2, 0.25) is 0 Å². The Morgan fingerprint density at radius 1 is 0.493 bits per heavy atom. The van der Waals surface area contributed by atoms with Crippen LogP contribution < -0.4 is 31.9 Å². The van der Waals surface area contributed by atoms with E-state index in [4.69, 9.17) is 15.4 Å². The summed E-state index contributed by atoms with van der Waals surface area (Å²) >= 11 is 0. The Hall–Kier alpha value is -1.83. The summed E-state index contributed by atoms with van der Waals surface area (Å²) in [5.74, 6) is 1.88. The van der Waals surface area contributed by atoms with Gasteiger partial charge >= 0.3 is 0 Å². The fourth-order valence-electron chi connectivity index (χ4n) is 14.2. The molecule has 4 aliphatic heterocycles. The first-order chi connectivity index (χ1) is 30.7. The minimum atomic E-state index is -0.0406. The molecule has 390 valence electrons. The molecule has 0 unspecified atom stereocenters. The van der Waals surface area contributed by atoms with E-state index in [1.807, 2.05) is 0 Å². The third-order valence-corrected chi connectivity index (χ3v) is 15.2. The van der Waals surface area contributed by atoms with Crippen LogP contribution in [-0.4, -0.2) is 141 Å². The SMILES string of the molecule is CCN(CCCCCCN(C(=N/C(=N)NC)/N=C(\C)N(CCCCCCNC1CC(C)(C)NC(C)(C)C1)C1CC(C)(C)NC(C)(C)C1)C1CC(C)(C)NC(C)(C)C1)C1CC(C)(C)NC(C)(C)C1. The summed E-state index contributed by atoms with van der Waals surface area (Å²) in [5.41, 5.74) is 0.567. The van der Waals surface area contributed by atoms with Crippen LogP contribution in [0.15, 0.2) is 9.98 Å². The molecule has 0 amide bonds. The molecule has 0 aromatic heterocycles. The number of amidine groups is 1. The highest BCUT2D eigenvalue weighted by molar-refractivity contribution is 6.00. The Kier molecular flexibility index (Phi) is 20.0. The zero-order valence-electron chi connectivity index (χ0n) is 47.4. The van der Waals surface area contributed by atoms with Crippen LogP contribution in [0, 0.1) is 5.41 Å². The smallest absolute Gasteiger partial charge is 0.230 e. The van der Waals surface area contributed by atoms with Gasteiger partial charge in [-0.15, -0.1) is 0 Å². The first-order valence-electron chi connectivity index (χ1n) is 27.3. The molecule has 0 spiro atoms. The van der Waals surface area contributed by atoms with E-state index in [1.165, 1.54) is 64.2 Å². The highest BCUT2D eigenvalue weighted by Gasteiger charge is 2.44. The average Bonchev–Trinajstić information content (AvgIpc) is 3.11. The predicted molar refractivity (Wildman–Crippen MR) is 290 cm³/mol. The van der Waals surface area contributed by atoms with Crippen LogP contribution in [0.4, 0.5) is 0 Å². The van der Waals surface area contributed by atoms with Crippen LogP contribution >= 0.6 is 0 Å². The number of nitrogens with zero attached hydrogens (tertiary/aromatic N) is 5. The van der Waals surface area contributed by atoms with E-state index in [9.17, 15) is 0 Å². The molecule has 0 saturated carbocycles. The summed E-state index contributed by atoms with van der Waals surface area (Å²) in [6.45, 7) is 47.5. The standard InChI is InChI=1S/C55H110N12/c1-20-65(43-35-50(7,8)62-51(9,10)36-43)30-26-23-24-28-32-67(45-39-54(15,16)64-55(17,18)40-45)47(60-46(56)57-19)59-41(2)66(44-37-52(11,12)63-53(13,14)38-44)31-27-22-21-25-29-58-42-33-48(3,4)61-49(5,6)34-42/h42-45,58,61-64H,20-40H2,1-19H3,(H2,56,57)/b59-41+,60-47+. The third kappa shape index (κ3) is 19.4.